The van der Waals surface area contributed by atoms with E-state index in [1.807, 2.05) is 19.1 Å². The SMILES string of the molecule is CCCc1ccc(OCc2cc(F)c(OC(F)(F)C=C(F)F)c(F)c2)cc1. The number of alkyl halides is 2. The lowest BCUT2D eigenvalue weighted by atomic mass is 10.1. The molecule has 0 saturated heterocycles. The van der Waals surface area contributed by atoms with Gasteiger partial charge in [-0.15, -0.1) is 0 Å². The minimum absolute atomic E-state index is 0.0190. The molecule has 0 unspecified atom stereocenters. The third kappa shape index (κ3) is 6.23. The summed E-state index contributed by atoms with van der Waals surface area (Å²) in [5.41, 5.74) is 1.13. The molecule has 0 aliphatic heterocycles. The van der Waals surface area contributed by atoms with Gasteiger partial charge in [0.25, 0.3) is 6.08 Å². The zero-order valence-electron chi connectivity index (χ0n) is 14.2. The Labute approximate surface area is 152 Å². The quantitative estimate of drug-likeness (QED) is 0.496. The molecule has 2 nitrogen and oxygen atoms in total. The monoisotopic (exact) mass is 390 g/mol. The van der Waals surface area contributed by atoms with Crippen molar-refractivity contribution in [3.63, 3.8) is 0 Å². The maximum Gasteiger partial charge on any atom is 0.425 e. The number of rotatable bonds is 8. The fourth-order valence-electron chi connectivity index (χ4n) is 2.29. The Hall–Kier alpha value is -2.64. The number of hydrogen-bond acceptors (Lipinski definition) is 2. The molecule has 0 amide bonds. The molecule has 146 valence electrons. The molecule has 2 rings (SSSR count). The highest BCUT2D eigenvalue weighted by atomic mass is 19.3. The lowest BCUT2D eigenvalue weighted by Gasteiger charge is -2.16. The zero-order valence-corrected chi connectivity index (χ0v) is 14.2. The van der Waals surface area contributed by atoms with Gasteiger partial charge in [0.2, 0.25) is 0 Å². The second-order valence-corrected chi connectivity index (χ2v) is 5.67. The Bertz CT molecular complexity index is 775. The first-order valence-corrected chi connectivity index (χ1v) is 8.00. The van der Waals surface area contributed by atoms with Crippen LogP contribution >= 0.6 is 0 Å². The Morgan fingerprint density at radius 3 is 2.11 bits per heavy atom. The number of hydrogen-bond donors (Lipinski definition) is 0. The van der Waals surface area contributed by atoms with Gasteiger partial charge in [-0.3, -0.25) is 0 Å². The van der Waals surface area contributed by atoms with Gasteiger partial charge in [-0.2, -0.15) is 17.6 Å². The lowest BCUT2D eigenvalue weighted by Crippen LogP contribution is -2.23. The van der Waals surface area contributed by atoms with Crippen LogP contribution < -0.4 is 9.47 Å². The van der Waals surface area contributed by atoms with Crippen LogP contribution in [0.5, 0.6) is 11.5 Å². The summed E-state index contributed by atoms with van der Waals surface area (Å²) in [6.45, 7) is 1.82. The van der Waals surface area contributed by atoms with Crippen molar-refractivity contribution in [1.82, 2.24) is 0 Å². The van der Waals surface area contributed by atoms with E-state index < -0.39 is 35.6 Å². The van der Waals surface area contributed by atoms with Crippen molar-refractivity contribution in [1.29, 1.82) is 0 Å². The van der Waals surface area contributed by atoms with Gasteiger partial charge in [-0.05, 0) is 41.8 Å². The van der Waals surface area contributed by atoms with Gasteiger partial charge in [0.1, 0.15) is 12.4 Å². The molecule has 2 aromatic rings. The smallest absolute Gasteiger partial charge is 0.425 e. The standard InChI is InChI=1S/C19H16F6O2/c1-2-3-12-4-6-14(7-5-12)26-11-13-8-15(20)18(16(21)9-13)27-19(24,25)10-17(22)23/h4-10H,2-3,11H2,1H3. The van der Waals surface area contributed by atoms with E-state index in [-0.39, 0.29) is 12.2 Å². The van der Waals surface area contributed by atoms with E-state index in [1.54, 1.807) is 12.1 Å². The highest BCUT2D eigenvalue weighted by molar-refractivity contribution is 5.33. The van der Waals surface area contributed by atoms with Crippen LogP contribution in [0.15, 0.2) is 48.6 Å². The predicted octanol–water partition coefficient (Wildman–Crippen LogP) is 6.25. The molecule has 8 heteroatoms. The number of aryl methyl sites for hydroxylation is 1. The topological polar surface area (TPSA) is 18.5 Å². The first-order valence-electron chi connectivity index (χ1n) is 8.00. The molecule has 0 aliphatic carbocycles. The summed E-state index contributed by atoms with van der Waals surface area (Å²) in [6.07, 6.45) is -6.25. The van der Waals surface area contributed by atoms with E-state index in [4.69, 9.17) is 4.74 Å². The molecule has 0 heterocycles. The first kappa shape index (κ1) is 20.7. The maximum atomic E-state index is 13.9. The molecule has 0 bridgehead atoms. The highest BCUT2D eigenvalue weighted by Gasteiger charge is 2.33. The normalized spacial score (nSPS) is 11.2. The van der Waals surface area contributed by atoms with E-state index in [0.717, 1.165) is 30.5 Å². The second-order valence-electron chi connectivity index (χ2n) is 5.67. The van der Waals surface area contributed by atoms with E-state index >= 15 is 0 Å². The molecular formula is C19H16F6O2. The average molecular weight is 390 g/mol. The van der Waals surface area contributed by atoms with E-state index in [9.17, 15) is 26.3 Å². The Morgan fingerprint density at radius 1 is 1.00 bits per heavy atom. The van der Waals surface area contributed by atoms with Gasteiger partial charge in [-0.25, -0.2) is 8.78 Å². The summed E-state index contributed by atoms with van der Waals surface area (Å²) in [6, 6.07) is 8.58. The number of ether oxygens (including phenoxy) is 2. The number of benzene rings is 2. The molecule has 0 aromatic heterocycles. The van der Waals surface area contributed by atoms with Crippen molar-refractivity contribution in [3.8, 4) is 11.5 Å². The molecule has 0 radical (unpaired) electrons. The maximum absolute atomic E-state index is 13.9. The van der Waals surface area contributed by atoms with E-state index in [0.29, 0.717) is 5.75 Å². The predicted molar refractivity (Wildman–Crippen MR) is 87.0 cm³/mol. The third-order valence-corrected chi connectivity index (χ3v) is 3.44. The summed E-state index contributed by atoms with van der Waals surface area (Å²) >= 11 is 0. The fourth-order valence-corrected chi connectivity index (χ4v) is 2.29. The van der Waals surface area contributed by atoms with Crippen LogP contribution in [0.25, 0.3) is 0 Å². The van der Waals surface area contributed by atoms with Crippen molar-refractivity contribution in [2.45, 2.75) is 32.5 Å². The molecule has 0 fully saturated rings. The Morgan fingerprint density at radius 2 is 1.59 bits per heavy atom. The van der Waals surface area contributed by atoms with Crippen LogP contribution in [0.4, 0.5) is 26.3 Å². The van der Waals surface area contributed by atoms with Crippen molar-refractivity contribution in [2.24, 2.45) is 0 Å². The van der Waals surface area contributed by atoms with Gasteiger partial charge >= 0.3 is 6.11 Å². The molecular weight excluding hydrogens is 374 g/mol. The fraction of sp³-hybridized carbons (Fsp3) is 0.263. The van der Waals surface area contributed by atoms with Crippen LogP contribution in [0.3, 0.4) is 0 Å². The largest absolute Gasteiger partial charge is 0.489 e. The van der Waals surface area contributed by atoms with Gasteiger partial charge < -0.3 is 9.47 Å². The molecule has 0 spiro atoms. The van der Waals surface area contributed by atoms with E-state index in [1.165, 1.54) is 0 Å². The number of halogens is 6. The summed E-state index contributed by atoms with van der Waals surface area (Å²) in [4.78, 5) is 0. The van der Waals surface area contributed by atoms with Crippen molar-refractivity contribution in [2.75, 3.05) is 0 Å². The zero-order chi connectivity index (χ0) is 20.0. The Balaban J connectivity index is 2.08. The third-order valence-electron chi connectivity index (χ3n) is 3.44. The highest BCUT2D eigenvalue weighted by Crippen LogP contribution is 2.30. The molecule has 2 aromatic carbocycles. The summed E-state index contributed by atoms with van der Waals surface area (Å²) < 4.78 is 87.0. The minimum Gasteiger partial charge on any atom is -0.489 e. The summed E-state index contributed by atoms with van der Waals surface area (Å²) in [7, 11) is 0. The van der Waals surface area contributed by atoms with Crippen LogP contribution in [0.2, 0.25) is 0 Å². The van der Waals surface area contributed by atoms with Gasteiger partial charge in [-0.1, -0.05) is 25.5 Å². The summed E-state index contributed by atoms with van der Waals surface area (Å²) in [5.74, 6) is -3.91. The van der Waals surface area contributed by atoms with Crippen molar-refractivity contribution in [3.05, 3.63) is 71.3 Å². The lowest BCUT2D eigenvalue weighted by molar-refractivity contribution is -0.137. The molecule has 0 N–H and O–H groups in total. The van der Waals surface area contributed by atoms with Gasteiger partial charge in [0.15, 0.2) is 17.4 Å². The minimum atomic E-state index is -4.56. The molecule has 0 saturated carbocycles. The van der Waals surface area contributed by atoms with Gasteiger partial charge in [0.05, 0.1) is 6.08 Å². The van der Waals surface area contributed by atoms with Crippen LogP contribution in [0.1, 0.15) is 24.5 Å². The van der Waals surface area contributed by atoms with Crippen molar-refractivity contribution < 1.29 is 35.8 Å². The second kappa shape index (κ2) is 8.83. The van der Waals surface area contributed by atoms with Crippen LogP contribution in [-0.2, 0) is 13.0 Å². The average Bonchev–Trinajstić information content (AvgIpc) is 2.57. The van der Waals surface area contributed by atoms with Crippen molar-refractivity contribution >= 4 is 0 Å². The molecule has 0 aliphatic rings. The Kier molecular flexibility index (Phi) is 6.76. The summed E-state index contributed by atoms with van der Waals surface area (Å²) in [5, 5.41) is 0. The van der Waals surface area contributed by atoms with Crippen LogP contribution in [0, 0.1) is 11.6 Å². The molecule has 27 heavy (non-hydrogen) atoms. The van der Waals surface area contributed by atoms with Gasteiger partial charge in [0, 0.05) is 0 Å². The first-order chi connectivity index (χ1) is 12.7. The molecule has 0 atom stereocenters. The van der Waals surface area contributed by atoms with Crippen LogP contribution in [-0.4, -0.2) is 6.11 Å². The van der Waals surface area contributed by atoms with E-state index in [2.05, 4.69) is 4.74 Å².